The quantitative estimate of drug-likeness (QED) is 0.541. The van der Waals surface area contributed by atoms with Gasteiger partial charge in [0.1, 0.15) is 5.75 Å². The van der Waals surface area contributed by atoms with Crippen LogP contribution in [0, 0.1) is 0 Å². The lowest BCUT2D eigenvalue weighted by Crippen LogP contribution is -1.81. The van der Waals surface area contributed by atoms with Crippen LogP contribution in [0.4, 0.5) is 0 Å². The van der Waals surface area contributed by atoms with Gasteiger partial charge in [0.25, 0.3) is 0 Å². The molecule has 3 heteroatoms. The van der Waals surface area contributed by atoms with Crippen LogP contribution in [0.5, 0.6) is 5.75 Å². The summed E-state index contributed by atoms with van der Waals surface area (Å²) in [6, 6.07) is 7.66. The third-order valence-electron chi connectivity index (χ3n) is 1.51. The largest absolute Gasteiger partial charge is 0.497 e. The van der Waals surface area contributed by atoms with Crippen molar-refractivity contribution >= 4 is 23.5 Å². The van der Waals surface area contributed by atoms with Gasteiger partial charge in [0.05, 0.1) is 12.3 Å². The topological polar surface area (TPSA) is 21.6 Å². The number of thiocarbonyl (C=S) groups is 1. The van der Waals surface area contributed by atoms with Crippen molar-refractivity contribution in [3.8, 4) is 5.75 Å². The van der Waals surface area contributed by atoms with Crippen LogP contribution >= 0.6 is 12.2 Å². The molecule has 0 aliphatic heterocycles. The highest BCUT2D eigenvalue weighted by molar-refractivity contribution is 7.78. The summed E-state index contributed by atoms with van der Waals surface area (Å²) in [5, 5.41) is 2.26. The van der Waals surface area contributed by atoms with E-state index in [1.54, 1.807) is 13.3 Å². The monoisotopic (exact) mass is 191 g/mol. The van der Waals surface area contributed by atoms with E-state index in [1.165, 1.54) is 0 Å². The Balaban J connectivity index is 2.74. The van der Waals surface area contributed by atoms with E-state index in [4.69, 9.17) is 4.74 Å². The summed E-state index contributed by atoms with van der Waals surface area (Å²) >= 11 is 4.42. The number of isothiocyanates is 1. The Morgan fingerprint density at radius 3 is 2.62 bits per heavy atom. The van der Waals surface area contributed by atoms with Gasteiger partial charge in [-0.05, 0) is 36.0 Å². The Morgan fingerprint density at radius 1 is 1.38 bits per heavy atom. The van der Waals surface area contributed by atoms with E-state index in [9.17, 15) is 0 Å². The summed E-state index contributed by atoms with van der Waals surface area (Å²) in [6.07, 6.45) is 3.45. The molecule has 0 atom stereocenters. The van der Waals surface area contributed by atoms with Gasteiger partial charge in [-0.25, -0.2) is 4.99 Å². The summed E-state index contributed by atoms with van der Waals surface area (Å²) < 4.78 is 5.02. The Morgan fingerprint density at radius 2 is 2.08 bits per heavy atom. The van der Waals surface area contributed by atoms with Gasteiger partial charge in [-0.15, -0.1) is 0 Å². The summed E-state index contributed by atoms with van der Waals surface area (Å²) in [5.41, 5.74) is 1.05. The lowest BCUT2D eigenvalue weighted by atomic mass is 10.2. The van der Waals surface area contributed by atoms with Crippen molar-refractivity contribution in [1.82, 2.24) is 0 Å². The minimum Gasteiger partial charge on any atom is -0.497 e. The second-order valence-electron chi connectivity index (χ2n) is 2.31. The van der Waals surface area contributed by atoms with E-state index in [1.807, 2.05) is 30.3 Å². The van der Waals surface area contributed by atoms with Gasteiger partial charge in [0.15, 0.2) is 0 Å². The predicted octanol–water partition coefficient (Wildman–Crippen LogP) is 2.77. The van der Waals surface area contributed by atoms with Crippen LogP contribution in [-0.2, 0) is 0 Å². The SMILES string of the molecule is COc1ccc(/C=C\N=C=S)cc1. The molecule has 1 aromatic rings. The highest BCUT2D eigenvalue weighted by Crippen LogP contribution is 2.11. The third kappa shape index (κ3) is 3.20. The summed E-state index contributed by atoms with van der Waals surface area (Å²) in [7, 11) is 1.64. The lowest BCUT2D eigenvalue weighted by molar-refractivity contribution is 0.415. The molecule has 2 nitrogen and oxygen atoms in total. The maximum atomic E-state index is 5.02. The molecule has 0 aliphatic rings. The molecule has 0 saturated carbocycles. The zero-order chi connectivity index (χ0) is 9.52. The number of benzene rings is 1. The first kappa shape index (κ1) is 9.65. The van der Waals surface area contributed by atoms with E-state index in [0.29, 0.717) is 0 Å². The molecule has 0 heterocycles. The molecule has 0 amide bonds. The minimum absolute atomic E-state index is 0.843. The van der Waals surface area contributed by atoms with Gasteiger partial charge < -0.3 is 4.74 Å². The normalized spacial score (nSPS) is 9.62. The van der Waals surface area contributed by atoms with Crippen molar-refractivity contribution < 1.29 is 4.74 Å². The van der Waals surface area contributed by atoms with Crippen LogP contribution in [-0.4, -0.2) is 12.3 Å². The molecule has 0 saturated heterocycles. The van der Waals surface area contributed by atoms with Crippen molar-refractivity contribution in [3.05, 3.63) is 36.0 Å². The molecule has 13 heavy (non-hydrogen) atoms. The molecule has 0 unspecified atom stereocenters. The van der Waals surface area contributed by atoms with Gasteiger partial charge in [-0.1, -0.05) is 12.1 Å². The Labute approximate surface area is 82.6 Å². The molecular formula is C10H9NOS. The van der Waals surface area contributed by atoms with E-state index in [0.717, 1.165) is 11.3 Å². The molecule has 1 aromatic carbocycles. The van der Waals surface area contributed by atoms with Crippen LogP contribution in [0.2, 0.25) is 0 Å². The number of aliphatic imine (C=N–C) groups is 1. The standard InChI is InChI=1S/C10H9NOS/c1-12-10-4-2-9(3-5-10)6-7-11-8-13/h2-7H,1H3/b7-6-. The van der Waals surface area contributed by atoms with E-state index < -0.39 is 0 Å². The van der Waals surface area contributed by atoms with E-state index >= 15 is 0 Å². The smallest absolute Gasteiger partial charge is 0.118 e. The average molecular weight is 191 g/mol. The summed E-state index contributed by atoms with van der Waals surface area (Å²) in [4.78, 5) is 3.66. The van der Waals surface area contributed by atoms with Crippen LogP contribution < -0.4 is 4.74 Å². The maximum Gasteiger partial charge on any atom is 0.118 e. The second kappa shape index (κ2) is 5.25. The summed E-state index contributed by atoms with van der Waals surface area (Å²) in [6.45, 7) is 0. The molecule has 0 bridgehead atoms. The fourth-order valence-electron chi connectivity index (χ4n) is 0.869. The molecule has 0 radical (unpaired) electrons. The zero-order valence-corrected chi connectivity index (χ0v) is 8.04. The van der Waals surface area contributed by atoms with Crippen molar-refractivity contribution in [3.63, 3.8) is 0 Å². The molecule has 66 valence electrons. The Hall–Kier alpha value is -1.44. The van der Waals surface area contributed by atoms with E-state index in [2.05, 4.69) is 22.4 Å². The Kier molecular flexibility index (Phi) is 3.89. The molecule has 1 rings (SSSR count). The first-order valence-corrected chi connectivity index (χ1v) is 4.15. The van der Waals surface area contributed by atoms with Crippen LogP contribution in [0.3, 0.4) is 0 Å². The van der Waals surface area contributed by atoms with Gasteiger partial charge in [-0.2, -0.15) is 0 Å². The van der Waals surface area contributed by atoms with Crippen LogP contribution in [0.25, 0.3) is 6.08 Å². The molecule has 0 spiro atoms. The first-order chi connectivity index (χ1) is 6.36. The van der Waals surface area contributed by atoms with Crippen LogP contribution in [0.15, 0.2) is 35.5 Å². The number of methoxy groups -OCH3 is 1. The average Bonchev–Trinajstić information content (AvgIpc) is 2.19. The molecule has 0 N–H and O–H groups in total. The van der Waals surface area contributed by atoms with Gasteiger partial charge in [0.2, 0.25) is 0 Å². The van der Waals surface area contributed by atoms with Gasteiger partial charge >= 0.3 is 0 Å². The van der Waals surface area contributed by atoms with Crippen LogP contribution in [0.1, 0.15) is 5.56 Å². The maximum absolute atomic E-state index is 5.02. The highest BCUT2D eigenvalue weighted by Gasteiger charge is 1.88. The fourth-order valence-corrected chi connectivity index (χ4v) is 0.930. The minimum atomic E-state index is 0.843. The van der Waals surface area contributed by atoms with Crippen molar-refractivity contribution in [1.29, 1.82) is 0 Å². The number of ether oxygens (including phenoxy) is 1. The van der Waals surface area contributed by atoms with Crippen molar-refractivity contribution in [2.75, 3.05) is 7.11 Å². The third-order valence-corrected chi connectivity index (χ3v) is 1.62. The number of hydrogen-bond donors (Lipinski definition) is 0. The van der Waals surface area contributed by atoms with Gasteiger partial charge in [-0.3, -0.25) is 0 Å². The number of hydrogen-bond acceptors (Lipinski definition) is 3. The zero-order valence-electron chi connectivity index (χ0n) is 7.23. The van der Waals surface area contributed by atoms with Gasteiger partial charge in [0, 0.05) is 6.20 Å². The predicted molar refractivity (Wildman–Crippen MR) is 57.1 cm³/mol. The number of nitrogens with zero attached hydrogens (tertiary/aromatic N) is 1. The lowest BCUT2D eigenvalue weighted by Gasteiger charge is -1.98. The molecule has 0 fully saturated rings. The summed E-state index contributed by atoms with van der Waals surface area (Å²) in [5.74, 6) is 0.843. The first-order valence-electron chi connectivity index (χ1n) is 3.74. The second-order valence-corrected chi connectivity index (χ2v) is 2.49. The highest BCUT2D eigenvalue weighted by atomic mass is 32.1. The fraction of sp³-hybridized carbons (Fsp3) is 0.100. The van der Waals surface area contributed by atoms with Crippen molar-refractivity contribution in [2.24, 2.45) is 4.99 Å². The molecular weight excluding hydrogens is 182 g/mol. The molecule has 0 aliphatic carbocycles. The number of rotatable bonds is 3. The molecule has 0 aromatic heterocycles. The van der Waals surface area contributed by atoms with E-state index in [-0.39, 0.29) is 0 Å². The van der Waals surface area contributed by atoms with Crippen molar-refractivity contribution in [2.45, 2.75) is 0 Å². The Bertz CT molecular complexity index is 336.